The summed E-state index contributed by atoms with van der Waals surface area (Å²) in [5, 5.41) is 10.4. The zero-order valence-electron chi connectivity index (χ0n) is 16.4. The van der Waals surface area contributed by atoms with E-state index in [1.165, 1.54) is 0 Å². The number of aryl methyl sites for hydroxylation is 1. The van der Waals surface area contributed by atoms with Crippen molar-refractivity contribution in [2.24, 2.45) is 0 Å². The first kappa shape index (κ1) is 18.9. The lowest BCUT2D eigenvalue weighted by Gasteiger charge is -2.15. The molecule has 6 nitrogen and oxygen atoms in total. The van der Waals surface area contributed by atoms with Gasteiger partial charge < -0.3 is 10.6 Å². The summed E-state index contributed by atoms with van der Waals surface area (Å²) in [6.07, 6.45) is 2.47. The summed E-state index contributed by atoms with van der Waals surface area (Å²) in [7, 11) is 0. The lowest BCUT2D eigenvalue weighted by atomic mass is 10.1. The second-order valence-corrected chi connectivity index (χ2v) is 7.34. The highest BCUT2D eigenvalue weighted by molar-refractivity contribution is 5.97. The first-order valence-electron chi connectivity index (χ1n) is 9.93. The molecule has 1 saturated heterocycles. The number of hydrogen-bond acceptors (Lipinski definition) is 3. The van der Waals surface area contributed by atoms with Crippen molar-refractivity contribution in [3.63, 3.8) is 0 Å². The highest BCUT2D eigenvalue weighted by Gasteiger charge is 2.25. The summed E-state index contributed by atoms with van der Waals surface area (Å²) in [6, 6.07) is 18.8. The van der Waals surface area contributed by atoms with Gasteiger partial charge in [-0.2, -0.15) is 5.10 Å². The smallest absolute Gasteiger partial charge is 0.270 e. The van der Waals surface area contributed by atoms with E-state index in [-0.39, 0.29) is 11.8 Å². The minimum absolute atomic E-state index is 0.125. The number of amides is 2. The first-order chi connectivity index (χ1) is 14.1. The quantitative estimate of drug-likeness (QED) is 0.720. The summed E-state index contributed by atoms with van der Waals surface area (Å²) < 4.78 is 1.64. The van der Waals surface area contributed by atoms with Crippen LogP contribution in [0.1, 0.15) is 35.3 Å². The summed E-state index contributed by atoms with van der Waals surface area (Å²) >= 11 is 0. The molecule has 1 unspecified atom stereocenters. The van der Waals surface area contributed by atoms with Crippen LogP contribution in [-0.2, 0) is 4.79 Å². The maximum Gasteiger partial charge on any atom is 0.270 e. The molecule has 2 N–H and O–H groups in total. The molecule has 1 aliphatic rings. The molecule has 6 heteroatoms. The second-order valence-electron chi connectivity index (χ2n) is 7.34. The average molecular weight is 388 g/mol. The fraction of sp³-hybridized carbons (Fsp3) is 0.261. The van der Waals surface area contributed by atoms with E-state index < -0.39 is 6.04 Å². The van der Waals surface area contributed by atoms with Crippen molar-refractivity contribution in [3.05, 3.63) is 71.9 Å². The molecule has 148 valence electrons. The average Bonchev–Trinajstić information content (AvgIpc) is 3.09. The Kier molecular flexibility index (Phi) is 5.42. The third-order valence-corrected chi connectivity index (χ3v) is 5.13. The predicted molar refractivity (Wildman–Crippen MR) is 112 cm³/mol. The van der Waals surface area contributed by atoms with Crippen molar-refractivity contribution in [2.45, 2.75) is 32.2 Å². The van der Waals surface area contributed by atoms with Gasteiger partial charge in [0.25, 0.3) is 5.91 Å². The van der Waals surface area contributed by atoms with Gasteiger partial charge in [-0.1, -0.05) is 48.0 Å². The first-order valence-corrected chi connectivity index (χ1v) is 9.93. The Bertz CT molecular complexity index is 1010. The molecule has 3 aromatic rings. The molecule has 2 heterocycles. The van der Waals surface area contributed by atoms with Crippen LogP contribution in [-0.4, -0.2) is 34.2 Å². The van der Waals surface area contributed by atoms with Gasteiger partial charge in [-0.3, -0.25) is 9.59 Å². The molecule has 0 bridgehead atoms. The summed E-state index contributed by atoms with van der Waals surface area (Å²) in [6.45, 7) is 2.67. The fourth-order valence-corrected chi connectivity index (χ4v) is 3.48. The van der Waals surface area contributed by atoms with Crippen LogP contribution in [0.4, 0.5) is 0 Å². The monoisotopic (exact) mass is 388 g/mol. The van der Waals surface area contributed by atoms with Crippen molar-refractivity contribution in [3.8, 4) is 16.9 Å². The molecule has 2 aromatic carbocycles. The van der Waals surface area contributed by atoms with E-state index in [4.69, 9.17) is 0 Å². The Morgan fingerprint density at radius 3 is 2.62 bits per heavy atom. The number of hydrogen-bond donors (Lipinski definition) is 2. The summed E-state index contributed by atoms with van der Waals surface area (Å²) in [4.78, 5) is 25.4. The van der Waals surface area contributed by atoms with Crippen molar-refractivity contribution in [2.75, 3.05) is 6.54 Å². The molecule has 1 aromatic heterocycles. The minimum Gasteiger partial charge on any atom is -0.354 e. The van der Waals surface area contributed by atoms with Gasteiger partial charge in [0.05, 0.1) is 11.4 Å². The second kappa shape index (κ2) is 8.31. The highest BCUT2D eigenvalue weighted by Crippen LogP contribution is 2.22. The summed E-state index contributed by atoms with van der Waals surface area (Å²) in [5.74, 6) is -0.428. The molecule has 0 radical (unpaired) electrons. The molecule has 4 rings (SSSR count). The maximum absolute atomic E-state index is 13.1. The molecule has 1 fully saturated rings. The van der Waals surface area contributed by atoms with Crippen molar-refractivity contribution >= 4 is 11.8 Å². The van der Waals surface area contributed by atoms with E-state index >= 15 is 0 Å². The molecular formula is C23H24N4O2. The number of rotatable bonds is 4. The minimum atomic E-state index is -0.522. The van der Waals surface area contributed by atoms with Gasteiger partial charge in [-0.05, 0) is 44.4 Å². The number of carbonyl (C=O) groups is 2. The standard InChI is InChI=1S/C23H24N4O2/c1-16-10-12-18(13-11-16)27-21(15-20(26-27)17-7-3-2-4-8-17)23(29)25-19-9-5-6-14-24-22(19)28/h2-4,7-8,10-13,15,19H,5-6,9,14H2,1H3,(H,24,28)(H,25,29). The third kappa shape index (κ3) is 4.21. The van der Waals surface area contributed by atoms with Gasteiger partial charge in [0, 0.05) is 12.1 Å². The maximum atomic E-state index is 13.1. The lowest BCUT2D eigenvalue weighted by molar-refractivity contribution is -0.122. The van der Waals surface area contributed by atoms with E-state index in [9.17, 15) is 9.59 Å². The molecule has 1 atom stereocenters. The zero-order chi connectivity index (χ0) is 20.2. The van der Waals surface area contributed by atoms with Gasteiger partial charge in [0.1, 0.15) is 11.7 Å². The van der Waals surface area contributed by atoms with E-state index in [0.29, 0.717) is 24.4 Å². The fourth-order valence-electron chi connectivity index (χ4n) is 3.48. The molecule has 0 spiro atoms. The lowest BCUT2D eigenvalue weighted by Crippen LogP contribution is -2.45. The van der Waals surface area contributed by atoms with Crippen LogP contribution in [0.15, 0.2) is 60.7 Å². The van der Waals surface area contributed by atoms with E-state index in [2.05, 4.69) is 15.7 Å². The molecule has 29 heavy (non-hydrogen) atoms. The molecule has 0 aliphatic carbocycles. The normalized spacial score (nSPS) is 16.7. The van der Waals surface area contributed by atoms with Crippen LogP contribution in [0.2, 0.25) is 0 Å². The number of carbonyl (C=O) groups excluding carboxylic acids is 2. The number of nitrogens with zero attached hydrogens (tertiary/aromatic N) is 2. The number of nitrogens with one attached hydrogen (secondary N) is 2. The Morgan fingerprint density at radius 2 is 1.86 bits per heavy atom. The van der Waals surface area contributed by atoms with Gasteiger partial charge in [-0.25, -0.2) is 4.68 Å². The van der Waals surface area contributed by atoms with E-state index in [0.717, 1.165) is 29.7 Å². The number of benzene rings is 2. The molecular weight excluding hydrogens is 364 g/mol. The number of aromatic nitrogens is 2. The van der Waals surface area contributed by atoms with E-state index in [1.807, 2.05) is 61.5 Å². The van der Waals surface area contributed by atoms with Gasteiger partial charge in [0.2, 0.25) is 5.91 Å². The highest BCUT2D eigenvalue weighted by atomic mass is 16.2. The van der Waals surface area contributed by atoms with Crippen molar-refractivity contribution in [1.82, 2.24) is 20.4 Å². The van der Waals surface area contributed by atoms with Crippen LogP contribution in [0.25, 0.3) is 16.9 Å². The summed E-state index contributed by atoms with van der Waals surface area (Å²) in [5.41, 5.74) is 3.98. The van der Waals surface area contributed by atoms with Crippen LogP contribution in [0.5, 0.6) is 0 Å². The van der Waals surface area contributed by atoms with E-state index in [1.54, 1.807) is 10.7 Å². The van der Waals surface area contributed by atoms with Crippen molar-refractivity contribution < 1.29 is 9.59 Å². The van der Waals surface area contributed by atoms with Crippen molar-refractivity contribution in [1.29, 1.82) is 0 Å². The van der Waals surface area contributed by atoms with Crippen LogP contribution in [0, 0.1) is 6.92 Å². The molecule has 1 aliphatic heterocycles. The van der Waals surface area contributed by atoms with Crippen LogP contribution in [0.3, 0.4) is 0 Å². The van der Waals surface area contributed by atoms with Gasteiger partial charge >= 0.3 is 0 Å². The van der Waals surface area contributed by atoms with Gasteiger partial charge in [-0.15, -0.1) is 0 Å². The zero-order valence-corrected chi connectivity index (χ0v) is 16.4. The van der Waals surface area contributed by atoms with Gasteiger partial charge in [0.15, 0.2) is 0 Å². The Labute approximate surface area is 169 Å². The Balaban J connectivity index is 1.70. The predicted octanol–water partition coefficient (Wildman–Crippen LogP) is 3.25. The van der Waals surface area contributed by atoms with Crippen LogP contribution < -0.4 is 10.6 Å². The largest absolute Gasteiger partial charge is 0.354 e. The Morgan fingerprint density at radius 1 is 1.10 bits per heavy atom. The van der Waals surface area contributed by atoms with Crippen LogP contribution >= 0.6 is 0 Å². The molecule has 2 amide bonds. The SMILES string of the molecule is Cc1ccc(-n2nc(-c3ccccc3)cc2C(=O)NC2CCCCNC2=O)cc1. The topological polar surface area (TPSA) is 76.0 Å². The third-order valence-electron chi connectivity index (χ3n) is 5.13. The molecule has 0 saturated carbocycles. The Hall–Kier alpha value is -3.41.